The van der Waals surface area contributed by atoms with Crippen molar-refractivity contribution in [2.75, 3.05) is 6.54 Å². The van der Waals surface area contributed by atoms with Gasteiger partial charge in [0.25, 0.3) is 5.91 Å². The molecule has 0 saturated heterocycles. The van der Waals surface area contributed by atoms with Crippen molar-refractivity contribution < 1.29 is 14.2 Å². The molecule has 2 amide bonds. The average Bonchev–Trinajstić information content (AvgIpc) is 3.05. The number of carbonyl (C=O) groups excluding carboxylic acids is 2. The van der Waals surface area contributed by atoms with E-state index in [1.165, 1.54) is 31.2 Å². The molecule has 162 valence electrons. The van der Waals surface area contributed by atoms with Gasteiger partial charge in [-0.15, -0.1) is 4.58 Å². The van der Waals surface area contributed by atoms with Gasteiger partial charge in [-0.3, -0.25) is 4.79 Å². The number of carbonyl (C=O) groups is 2. The van der Waals surface area contributed by atoms with Gasteiger partial charge >= 0.3 is 5.91 Å². The largest absolute Gasteiger partial charge is 0.426 e. The SMILES string of the molecule is CCc1ccc(/C=C2/SC3C=CC=CC3=[N+](CC(=O)NC3CCCCCC3)C2=O)cc1. The first kappa shape index (κ1) is 21.8. The molecule has 0 spiro atoms. The minimum atomic E-state index is -0.0909. The first-order valence-corrected chi connectivity index (χ1v) is 12.3. The summed E-state index contributed by atoms with van der Waals surface area (Å²) in [6.07, 6.45) is 17.9. The lowest BCUT2D eigenvalue weighted by Gasteiger charge is -2.21. The van der Waals surface area contributed by atoms with Crippen LogP contribution in [0.3, 0.4) is 0 Å². The zero-order chi connectivity index (χ0) is 21.6. The lowest BCUT2D eigenvalue weighted by molar-refractivity contribution is -0.434. The number of allylic oxidation sites excluding steroid dienone is 3. The summed E-state index contributed by atoms with van der Waals surface area (Å²) in [7, 11) is 0. The summed E-state index contributed by atoms with van der Waals surface area (Å²) in [6, 6.07) is 8.54. The summed E-state index contributed by atoms with van der Waals surface area (Å²) < 4.78 is 1.67. The van der Waals surface area contributed by atoms with Gasteiger partial charge in [0.2, 0.25) is 12.3 Å². The van der Waals surface area contributed by atoms with E-state index >= 15 is 0 Å². The number of nitrogens with zero attached hydrogens (tertiary/aromatic N) is 1. The van der Waals surface area contributed by atoms with E-state index in [0.717, 1.165) is 30.5 Å². The molecule has 1 aromatic rings. The Labute approximate surface area is 189 Å². The number of nitrogens with one attached hydrogen (secondary N) is 1. The van der Waals surface area contributed by atoms with Crippen LogP contribution in [0.5, 0.6) is 0 Å². The average molecular weight is 436 g/mol. The fourth-order valence-corrected chi connectivity index (χ4v) is 5.58. The van der Waals surface area contributed by atoms with Crippen LogP contribution in [0, 0.1) is 0 Å². The highest BCUT2D eigenvalue weighted by atomic mass is 32.2. The number of aryl methyl sites for hydroxylation is 1. The molecule has 1 atom stereocenters. The van der Waals surface area contributed by atoms with Crippen molar-refractivity contribution in [3.8, 4) is 0 Å². The molecular weight excluding hydrogens is 404 g/mol. The van der Waals surface area contributed by atoms with Gasteiger partial charge in [-0.25, -0.2) is 4.79 Å². The second-order valence-corrected chi connectivity index (χ2v) is 9.64. The van der Waals surface area contributed by atoms with Crippen LogP contribution >= 0.6 is 11.8 Å². The molecule has 0 aromatic heterocycles. The molecule has 1 heterocycles. The molecule has 31 heavy (non-hydrogen) atoms. The Kier molecular flexibility index (Phi) is 7.23. The molecule has 5 heteroatoms. The van der Waals surface area contributed by atoms with Gasteiger partial charge in [0.05, 0.1) is 0 Å². The van der Waals surface area contributed by atoms with Crippen molar-refractivity contribution >= 4 is 35.4 Å². The Morgan fingerprint density at radius 2 is 1.87 bits per heavy atom. The lowest BCUT2D eigenvalue weighted by Crippen LogP contribution is -2.45. The van der Waals surface area contributed by atoms with Crippen molar-refractivity contribution in [3.05, 3.63) is 64.6 Å². The molecular formula is C26H31N2O2S+. The summed E-state index contributed by atoms with van der Waals surface area (Å²) in [5.41, 5.74) is 3.18. The second kappa shape index (κ2) is 10.3. The fraction of sp³-hybridized carbons (Fsp3) is 0.423. The van der Waals surface area contributed by atoms with Gasteiger partial charge in [-0.2, -0.15) is 0 Å². The Bertz CT molecular complexity index is 948. The maximum absolute atomic E-state index is 13.4. The van der Waals surface area contributed by atoms with Crippen LogP contribution in [0.15, 0.2) is 53.5 Å². The van der Waals surface area contributed by atoms with E-state index in [-0.39, 0.29) is 29.7 Å². The van der Waals surface area contributed by atoms with Gasteiger partial charge in [-0.05, 0) is 36.5 Å². The van der Waals surface area contributed by atoms with Crippen LogP contribution < -0.4 is 5.32 Å². The number of thioether (sulfide) groups is 1. The molecule has 1 aliphatic heterocycles. The highest BCUT2D eigenvalue weighted by molar-refractivity contribution is 8.05. The first-order chi connectivity index (χ1) is 15.1. The monoisotopic (exact) mass is 435 g/mol. The highest BCUT2D eigenvalue weighted by Crippen LogP contribution is 2.33. The van der Waals surface area contributed by atoms with Crippen LogP contribution in [0.4, 0.5) is 0 Å². The summed E-state index contributed by atoms with van der Waals surface area (Å²) in [5, 5.41) is 3.24. The number of hydrogen-bond acceptors (Lipinski definition) is 3. The van der Waals surface area contributed by atoms with Crippen molar-refractivity contribution in [3.63, 3.8) is 0 Å². The molecule has 4 rings (SSSR count). The van der Waals surface area contributed by atoms with E-state index in [1.807, 2.05) is 24.3 Å². The van der Waals surface area contributed by atoms with Crippen molar-refractivity contribution in [2.45, 2.75) is 63.2 Å². The Hall–Kier alpha value is -2.40. The normalized spacial score (nSPS) is 23.1. The van der Waals surface area contributed by atoms with Gasteiger partial charge in [0.1, 0.15) is 10.2 Å². The predicted octanol–water partition coefficient (Wildman–Crippen LogP) is 4.65. The fourth-order valence-electron chi connectivity index (χ4n) is 4.39. The molecule has 0 radical (unpaired) electrons. The molecule has 1 aromatic carbocycles. The Morgan fingerprint density at radius 3 is 2.58 bits per heavy atom. The van der Waals surface area contributed by atoms with Crippen molar-refractivity contribution in [2.24, 2.45) is 0 Å². The minimum Gasteiger partial charge on any atom is -0.348 e. The van der Waals surface area contributed by atoms with Gasteiger partial charge < -0.3 is 5.32 Å². The topological polar surface area (TPSA) is 49.2 Å². The van der Waals surface area contributed by atoms with E-state index < -0.39 is 0 Å². The molecule has 3 aliphatic rings. The Balaban J connectivity index is 1.55. The molecule has 1 saturated carbocycles. The molecule has 4 nitrogen and oxygen atoms in total. The third-order valence-electron chi connectivity index (χ3n) is 6.18. The quantitative estimate of drug-likeness (QED) is 0.416. The van der Waals surface area contributed by atoms with Gasteiger partial charge in [-0.1, -0.05) is 86.9 Å². The predicted molar refractivity (Wildman–Crippen MR) is 128 cm³/mol. The summed E-state index contributed by atoms with van der Waals surface area (Å²) in [6.45, 7) is 2.21. The zero-order valence-electron chi connectivity index (χ0n) is 18.2. The van der Waals surface area contributed by atoms with Crippen molar-refractivity contribution in [1.29, 1.82) is 0 Å². The molecule has 0 bridgehead atoms. The molecule has 1 N–H and O–H groups in total. The number of amides is 2. The van der Waals surface area contributed by atoms with Gasteiger partial charge in [0.15, 0.2) is 0 Å². The van der Waals surface area contributed by atoms with E-state index in [0.29, 0.717) is 4.91 Å². The summed E-state index contributed by atoms with van der Waals surface area (Å²) in [5.74, 6) is -0.153. The zero-order valence-corrected chi connectivity index (χ0v) is 19.0. The standard InChI is InChI=1S/C26H30N2O2S/c1-2-19-13-15-20(16-14-19)17-24-26(30)28(22-11-7-8-12-23(22)31-24)18-25(29)27-21-9-5-3-4-6-10-21/h7-8,11-17,21,23H,2-6,9-10,18H2,1H3/p+1/b24-17+. The van der Waals surface area contributed by atoms with E-state index in [2.05, 4.69) is 42.6 Å². The van der Waals surface area contributed by atoms with Crippen LogP contribution in [0.25, 0.3) is 6.08 Å². The Morgan fingerprint density at radius 1 is 1.13 bits per heavy atom. The molecule has 2 aliphatic carbocycles. The van der Waals surface area contributed by atoms with Crippen LogP contribution in [-0.4, -0.2) is 39.9 Å². The third-order valence-corrected chi connectivity index (χ3v) is 7.38. The second-order valence-electron chi connectivity index (χ2n) is 8.46. The third kappa shape index (κ3) is 5.45. The maximum Gasteiger partial charge on any atom is 0.426 e. The van der Waals surface area contributed by atoms with E-state index in [9.17, 15) is 9.59 Å². The van der Waals surface area contributed by atoms with Crippen LogP contribution in [0.1, 0.15) is 56.6 Å². The maximum atomic E-state index is 13.4. The molecule has 1 fully saturated rings. The number of rotatable bonds is 5. The minimum absolute atomic E-state index is 0.0505. The number of fused-ring (bicyclic) bond motifs is 1. The number of hydrogen-bond donors (Lipinski definition) is 1. The van der Waals surface area contributed by atoms with Gasteiger partial charge in [0, 0.05) is 12.1 Å². The summed E-state index contributed by atoms with van der Waals surface area (Å²) in [4.78, 5) is 26.9. The van der Waals surface area contributed by atoms with Crippen LogP contribution in [0.2, 0.25) is 0 Å². The number of benzene rings is 1. The lowest BCUT2D eigenvalue weighted by atomic mass is 10.1. The van der Waals surface area contributed by atoms with E-state index in [4.69, 9.17) is 0 Å². The first-order valence-electron chi connectivity index (χ1n) is 11.4. The smallest absolute Gasteiger partial charge is 0.348 e. The highest BCUT2D eigenvalue weighted by Gasteiger charge is 2.39. The van der Waals surface area contributed by atoms with Crippen LogP contribution in [-0.2, 0) is 16.0 Å². The van der Waals surface area contributed by atoms with Crippen molar-refractivity contribution in [1.82, 2.24) is 5.32 Å². The van der Waals surface area contributed by atoms with E-state index in [1.54, 1.807) is 16.3 Å². The molecule has 1 unspecified atom stereocenters. The summed E-state index contributed by atoms with van der Waals surface area (Å²) >= 11 is 1.56.